The second kappa shape index (κ2) is 8.52. The third-order valence-corrected chi connectivity index (χ3v) is 4.40. The lowest BCUT2D eigenvalue weighted by molar-refractivity contribution is -0.275. The molecule has 0 saturated heterocycles. The van der Waals surface area contributed by atoms with E-state index in [-0.39, 0.29) is 25.1 Å². The number of halogens is 3. The first-order valence-corrected chi connectivity index (χ1v) is 8.72. The minimum absolute atomic E-state index is 0.0601. The Morgan fingerprint density at radius 3 is 2.68 bits per heavy atom. The fraction of sp³-hybridized carbons (Fsp3) is 0.350. The Balaban J connectivity index is 1.62. The molecule has 2 aromatic carbocycles. The number of rotatable bonds is 7. The van der Waals surface area contributed by atoms with Crippen molar-refractivity contribution in [2.75, 3.05) is 6.61 Å². The topological polar surface area (TPSA) is 65.0 Å². The molecule has 5 nitrogen and oxygen atoms in total. The zero-order valence-corrected chi connectivity index (χ0v) is 14.9. The highest BCUT2D eigenvalue weighted by atomic mass is 19.4. The lowest BCUT2D eigenvalue weighted by Gasteiger charge is -2.24. The van der Waals surface area contributed by atoms with Crippen molar-refractivity contribution in [3.05, 3.63) is 59.2 Å². The highest BCUT2D eigenvalue weighted by molar-refractivity contribution is 5.68. The molecule has 0 amide bonds. The van der Waals surface area contributed by atoms with Gasteiger partial charge >= 0.3 is 12.3 Å². The molecule has 0 aliphatic heterocycles. The number of alkyl halides is 3. The molecule has 0 saturated carbocycles. The van der Waals surface area contributed by atoms with Gasteiger partial charge in [0.25, 0.3) is 0 Å². The number of hydrogen-bond acceptors (Lipinski definition) is 4. The molecule has 1 aliphatic rings. The van der Waals surface area contributed by atoms with Crippen LogP contribution in [-0.4, -0.2) is 30.1 Å². The first-order chi connectivity index (χ1) is 13.3. The number of aliphatic carboxylic acids is 1. The van der Waals surface area contributed by atoms with Crippen LogP contribution in [-0.2, 0) is 29.0 Å². The molecular formula is C20H19F3O5. The molecule has 3 rings (SSSR count). The van der Waals surface area contributed by atoms with E-state index < -0.39 is 12.3 Å². The number of ether oxygens (including phenoxy) is 3. The molecule has 0 fully saturated rings. The van der Waals surface area contributed by atoms with Crippen LogP contribution in [0, 0.1) is 0 Å². The summed E-state index contributed by atoms with van der Waals surface area (Å²) in [7, 11) is 0. The minimum atomic E-state index is -4.76. The molecule has 2 aromatic rings. The van der Waals surface area contributed by atoms with E-state index in [1.807, 2.05) is 12.1 Å². The van der Waals surface area contributed by atoms with E-state index >= 15 is 0 Å². The molecule has 1 unspecified atom stereocenters. The summed E-state index contributed by atoms with van der Waals surface area (Å²) in [6.07, 6.45) is -2.87. The van der Waals surface area contributed by atoms with Crippen LogP contribution in [0.25, 0.3) is 0 Å². The van der Waals surface area contributed by atoms with Gasteiger partial charge < -0.3 is 19.3 Å². The smallest absolute Gasteiger partial charge is 0.489 e. The third-order valence-electron chi connectivity index (χ3n) is 4.40. The maximum Gasteiger partial charge on any atom is 0.573 e. The Kier molecular flexibility index (Phi) is 6.08. The zero-order chi connectivity index (χ0) is 20.1. The van der Waals surface area contributed by atoms with Gasteiger partial charge in [-0.3, -0.25) is 0 Å². The van der Waals surface area contributed by atoms with E-state index in [0.717, 1.165) is 11.1 Å². The number of carboxylic acids is 1. The number of benzene rings is 2. The number of aryl methyl sites for hydroxylation is 1. The molecule has 0 radical (unpaired) electrons. The SMILES string of the molecule is O=C(O)COC1CCc2cc(OCc3ccccc3OC(F)(F)F)ccc2C1. The zero-order valence-electron chi connectivity index (χ0n) is 14.9. The number of carboxylic acid groups (broad SMARTS) is 1. The number of fused-ring (bicyclic) bond motifs is 1. The average Bonchev–Trinajstić information content (AvgIpc) is 2.64. The first-order valence-electron chi connectivity index (χ1n) is 8.72. The second-order valence-electron chi connectivity index (χ2n) is 6.44. The van der Waals surface area contributed by atoms with Crippen molar-refractivity contribution < 1.29 is 37.3 Å². The average molecular weight is 396 g/mol. The molecule has 1 N–H and O–H groups in total. The summed E-state index contributed by atoms with van der Waals surface area (Å²) < 4.78 is 52.5. The highest BCUT2D eigenvalue weighted by Gasteiger charge is 2.32. The Morgan fingerprint density at radius 2 is 1.93 bits per heavy atom. The Bertz CT molecular complexity index is 835. The lowest BCUT2D eigenvalue weighted by Crippen LogP contribution is -2.25. The van der Waals surface area contributed by atoms with Gasteiger partial charge in [-0.05, 0) is 48.6 Å². The van der Waals surface area contributed by atoms with Gasteiger partial charge in [-0.15, -0.1) is 13.2 Å². The van der Waals surface area contributed by atoms with Crippen LogP contribution in [0.2, 0.25) is 0 Å². The molecule has 0 bridgehead atoms. The van der Waals surface area contributed by atoms with Gasteiger partial charge in [-0.1, -0.05) is 24.3 Å². The number of hydrogen-bond donors (Lipinski definition) is 1. The second-order valence-corrected chi connectivity index (χ2v) is 6.44. The van der Waals surface area contributed by atoms with Crippen LogP contribution in [0.15, 0.2) is 42.5 Å². The van der Waals surface area contributed by atoms with E-state index in [0.29, 0.717) is 30.6 Å². The van der Waals surface area contributed by atoms with Gasteiger partial charge in [0.2, 0.25) is 0 Å². The molecule has 28 heavy (non-hydrogen) atoms. The van der Waals surface area contributed by atoms with E-state index in [9.17, 15) is 18.0 Å². The van der Waals surface area contributed by atoms with Crippen molar-refractivity contribution in [2.24, 2.45) is 0 Å². The Hall–Kier alpha value is -2.74. The van der Waals surface area contributed by atoms with Crippen LogP contribution in [0.3, 0.4) is 0 Å². The maximum absolute atomic E-state index is 12.5. The minimum Gasteiger partial charge on any atom is -0.489 e. The summed E-state index contributed by atoms with van der Waals surface area (Å²) in [5.41, 5.74) is 2.40. The van der Waals surface area contributed by atoms with Gasteiger partial charge in [-0.25, -0.2) is 4.79 Å². The molecule has 1 atom stereocenters. The van der Waals surface area contributed by atoms with Crippen molar-refractivity contribution in [1.82, 2.24) is 0 Å². The van der Waals surface area contributed by atoms with Crippen molar-refractivity contribution >= 4 is 5.97 Å². The number of para-hydroxylation sites is 1. The van der Waals surface area contributed by atoms with E-state index in [1.165, 1.54) is 18.2 Å². The van der Waals surface area contributed by atoms with Gasteiger partial charge in [0.15, 0.2) is 0 Å². The van der Waals surface area contributed by atoms with Crippen LogP contribution in [0.1, 0.15) is 23.1 Å². The van der Waals surface area contributed by atoms with E-state index in [2.05, 4.69) is 4.74 Å². The standard InChI is InChI=1S/C20H19F3O5/c21-20(22,23)28-18-4-2-1-3-15(18)11-26-16-7-5-14-10-17(27-12-19(24)25)8-6-13(14)9-16/h1-5,7,9,17H,6,8,10-12H2,(H,24,25). The quantitative estimate of drug-likeness (QED) is 0.763. The van der Waals surface area contributed by atoms with Crippen LogP contribution < -0.4 is 9.47 Å². The largest absolute Gasteiger partial charge is 0.573 e. The Morgan fingerprint density at radius 1 is 1.14 bits per heavy atom. The molecule has 0 heterocycles. The fourth-order valence-corrected chi connectivity index (χ4v) is 3.13. The highest BCUT2D eigenvalue weighted by Crippen LogP contribution is 2.29. The summed E-state index contributed by atoms with van der Waals surface area (Å²) in [4.78, 5) is 10.6. The summed E-state index contributed by atoms with van der Waals surface area (Å²) in [6.45, 7) is -0.379. The predicted octanol–water partition coefficient (Wildman–Crippen LogP) is 4.12. The van der Waals surface area contributed by atoms with Crippen LogP contribution >= 0.6 is 0 Å². The van der Waals surface area contributed by atoms with Crippen LogP contribution in [0.5, 0.6) is 11.5 Å². The monoisotopic (exact) mass is 396 g/mol. The van der Waals surface area contributed by atoms with Gasteiger partial charge in [0.1, 0.15) is 24.7 Å². The van der Waals surface area contributed by atoms with Crippen LogP contribution in [0.4, 0.5) is 13.2 Å². The van der Waals surface area contributed by atoms with Crippen molar-refractivity contribution in [1.29, 1.82) is 0 Å². The summed E-state index contributed by atoms with van der Waals surface area (Å²) in [6, 6.07) is 11.3. The van der Waals surface area contributed by atoms with E-state index in [4.69, 9.17) is 14.6 Å². The molecule has 1 aliphatic carbocycles. The van der Waals surface area contributed by atoms with Crippen molar-refractivity contribution in [2.45, 2.75) is 38.3 Å². The van der Waals surface area contributed by atoms with Gasteiger partial charge in [-0.2, -0.15) is 0 Å². The summed E-state index contributed by atoms with van der Waals surface area (Å²) in [5.74, 6) is -0.735. The molecule has 0 aromatic heterocycles. The summed E-state index contributed by atoms with van der Waals surface area (Å²) in [5, 5.41) is 8.70. The Labute approximate surface area is 159 Å². The van der Waals surface area contributed by atoms with Crippen molar-refractivity contribution in [3.63, 3.8) is 0 Å². The van der Waals surface area contributed by atoms with Gasteiger partial charge in [0.05, 0.1) is 6.10 Å². The van der Waals surface area contributed by atoms with E-state index in [1.54, 1.807) is 12.1 Å². The first kappa shape index (κ1) is 20.0. The van der Waals surface area contributed by atoms with Gasteiger partial charge in [0, 0.05) is 5.56 Å². The number of carbonyl (C=O) groups is 1. The molecule has 8 heteroatoms. The van der Waals surface area contributed by atoms with Crippen molar-refractivity contribution in [3.8, 4) is 11.5 Å². The molecule has 150 valence electrons. The normalized spacial score (nSPS) is 16.3. The fourth-order valence-electron chi connectivity index (χ4n) is 3.13. The molecular weight excluding hydrogens is 377 g/mol. The third kappa shape index (κ3) is 5.63. The summed E-state index contributed by atoms with van der Waals surface area (Å²) >= 11 is 0. The lowest BCUT2D eigenvalue weighted by atomic mass is 9.89. The predicted molar refractivity (Wildman–Crippen MR) is 93.3 cm³/mol. The molecule has 0 spiro atoms. The maximum atomic E-state index is 12.5.